The third-order valence-corrected chi connectivity index (χ3v) is 7.18. The van der Waals surface area contributed by atoms with E-state index in [1.807, 2.05) is 24.3 Å². The van der Waals surface area contributed by atoms with Crippen LogP contribution in [-0.2, 0) is 36.5 Å². The van der Waals surface area contributed by atoms with Gasteiger partial charge >= 0.3 is 6.18 Å². The van der Waals surface area contributed by atoms with E-state index in [4.69, 9.17) is 14.5 Å². The number of ketones is 1. The number of carbonyl (C=O) groups excluding carboxylic acids is 1. The molecule has 2 aromatic heterocycles. The van der Waals surface area contributed by atoms with Crippen molar-refractivity contribution < 1.29 is 47.6 Å². The van der Waals surface area contributed by atoms with Gasteiger partial charge in [0.1, 0.15) is 11.2 Å². The van der Waals surface area contributed by atoms with Gasteiger partial charge in [-0.05, 0) is 48.6 Å². The Morgan fingerprint density at radius 2 is 1.56 bits per heavy atom. The number of hydrogen-bond acceptors (Lipinski definition) is 4. The zero-order chi connectivity index (χ0) is 31.8. The number of fused-ring (bicyclic) bond motifs is 4. The number of benzene rings is 4. The van der Waals surface area contributed by atoms with Crippen LogP contribution in [0.5, 0.6) is 0 Å². The van der Waals surface area contributed by atoms with Crippen LogP contribution in [-0.4, -0.2) is 15.9 Å². The average molecular weight is 787 g/mol. The van der Waals surface area contributed by atoms with Crippen LogP contribution in [0.15, 0.2) is 101 Å². The number of alkyl halides is 3. The van der Waals surface area contributed by atoms with Gasteiger partial charge in [-0.2, -0.15) is 13.2 Å². The zero-order valence-corrected chi connectivity index (χ0v) is 27.7. The van der Waals surface area contributed by atoms with E-state index in [1.165, 1.54) is 37.6 Å². The number of carbonyl (C=O) groups is 1. The molecule has 0 unspecified atom stereocenters. The van der Waals surface area contributed by atoms with Crippen molar-refractivity contribution in [3.05, 3.63) is 114 Å². The van der Waals surface area contributed by atoms with Crippen molar-refractivity contribution >= 4 is 38.5 Å². The third kappa shape index (κ3) is 7.19. The van der Waals surface area contributed by atoms with Crippen LogP contribution in [0.1, 0.15) is 45.7 Å². The van der Waals surface area contributed by atoms with E-state index in [0.29, 0.717) is 16.7 Å². The Kier molecular flexibility index (Phi) is 9.71. The predicted octanol–water partition coefficient (Wildman–Crippen LogP) is 10.6. The van der Waals surface area contributed by atoms with Crippen molar-refractivity contribution in [3.8, 4) is 22.4 Å². The van der Waals surface area contributed by atoms with Crippen LogP contribution in [0.2, 0.25) is 0 Å². The van der Waals surface area contributed by atoms with Crippen molar-refractivity contribution in [1.82, 2.24) is 4.98 Å². The summed E-state index contributed by atoms with van der Waals surface area (Å²) in [6, 6.07) is 26.4. The number of pyridine rings is 1. The maximum atomic E-state index is 13.6. The average Bonchev–Trinajstić information content (AvgIpc) is 3.33. The number of halogens is 3. The summed E-state index contributed by atoms with van der Waals surface area (Å²) in [5.41, 5.74) is 3.70. The molecule has 0 aliphatic carbocycles. The number of allylic oxidation sites excluding steroid dienone is 2. The van der Waals surface area contributed by atoms with Crippen LogP contribution >= 0.6 is 0 Å². The molecule has 233 valence electrons. The number of hydrogen-bond donors (Lipinski definition) is 1. The maximum absolute atomic E-state index is 13.6. The first-order valence-corrected chi connectivity index (χ1v) is 14.1. The molecule has 0 aliphatic heterocycles. The summed E-state index contributed by atoms with van der Waals surface area (Å²) in [5, 5.41) is 12.1. The van der Waals surface area contributed by atoms with E-state index in [2.05, 4.69) is 39.0 Å². The van der Waals surface area contributed by atoms with Crippen molar-refractivity contribution in [2.24, 2.45) is 0 Å². The molecule has 1 radical (unpaired) electrons. The molecular weight excluding hydrogens is 756 g/mol. The van der Waals surface area contributed by atoms with E-state index in [-0.39, 0.29) is 42.6 Å². The molecule has 4 nitrogen and oxygen atoms in total. The molecule has 2 heterocycles. The Hall–Kier alpha value is -4.26. The number of nitrogens with zero attached hydrogens (tertiary/aromatic N) is 1. The Labute approximate surface area is 273 Å². The van der Waals surface area contributed by atoms with Gasteiger partial charge in [-0.25, -0.2) is 0 Å². The van der Waals surface area contributed by atoms with Gasteiger partial charge in [0.05, 0.1) is 11.3 Å². The fourth-order valence-electron chi connectivity index (χ4n) is 5.35. The van der Waals surface area contributed by atoms with Crippen LogP contribution in [0, 0.1) is 6.07 Å². The molecule has 4 aromatic carbocycles. The number of rotatable bonds is 3. The minimum Gasteiger partial charge on any atom is -0.512 e. The Morgan fingerprint density at radius 1 is 0.867 bits per heavy atom. The van der Waals surface area contributed by atoms with E-state index in [0.717, 1.165) is 38.9 Å². The predicted molar refractivity (Wildman–Crippen MR) is 169 cm³/mol. The largest absolute Gasteiger partial charge is 0.512 e. The SMILES string of the molecule is CC(=O)/C=C(/C)O.CC(C)(C)c1cc(-c2nccc3oc4cc(-c5ccccc5C(F)(F)F)ccc4c23)[c-]c2ccccc12.[Ir]. The van der Waals surface area contributed by atoms with Crippen molar-refractivity contribution in [2.75, 3.05) is 0 Å². The molecule has 0 bridgehead atoms. The van der Waals surface area contributed by atoms with E-state index < -0.39 is 11.7 Å². The molecule has 0 amide bonds. The van der Waals surface area contributed by atoms with E-state index in [1.54, 1.807) is 30.5 Å². The fourth-order valence-corrected chi connectivity index (χ4v) is 5.35. The first-order chi connectivity index (χ1) is 20.7. The van der Waals surface area contributed by atoms with Gasteiger partial charge in [-0.15, -0.1) is 29.1 Å². The Morgan fingerprint density at radius 3 is 2.20 bits per heavy atom. The monoisotopic (exact) mass is 787 g/mol. The molecule has 6 aromatic rings. The topological polar surface area (TPSA) is 63.3 Å². The first-order valence-electron chi connectivity index (χ1n) is 14.1. The van der Waals surface area contributed by atoms with Gasteiger partial charge < -0.3 is 9.52 Å². The van der Waals surface area contributed by atoms with Crippen LogP contribution in [0.3, 0.4) is 0 Å². The van der Waals surface area contributed by atoms with Crippen molar-refractivity contribution in [1.29, 1.82) is 0 Å². The van der Waals surface area contributed by atoms with Crippen LogP contribution < -0.4 is 0 Å². The van der Waals surface area contributed by atoms with Gasteiger partial charge in [0.15, 0.2) is 5.78 Å². The third-order valence-electron chi connectivity index (χ3n) is 7.18. The molecule has 0 saturated heterocycles. The molecule has 0 spiro atoms. The van der Waals surface area contributed by atoms with E-state index >= 15 is 0 Å². The molecule has 6 rings (SSSR count). The number of aromatic nitrogens is 1. The molecule has 0 fully saturated rings. The summed E-state index contributed by atoms with van der Waals surface area (Å²) in [4.78, 5) is 14.7. The standard InChI is InChI=1S/C32H23F3NO.C5H8O2.Ir/c1-31(2,3)26-17-21(16-19-8-4-5-10-23(19)26)30-29-24-13-12-20(18-28(24)37-27(29)14-15-36-30)22-9-6-7-11-25(22)32(33,34)35;1-4(6)3-5(2)7;/h4-15,17-18H,1-3H3;3,6H,1-2H3;/q-1;;/b;4-3-;. The van der Waals surface area contributed by atoms with Crippen molar-refractivity contribution in [2.45, 2.75) is 46.2 Å². The summed E-state index contributed by atoms with van der Waals surface area (Å²) in [6.45, 7) is 9.39. The van der Waals surface area contributed by atoms with Gasteiger partial charge in [0.2, 0.25) is 0 Å². The van der Waals surface area contributed by atoms with Crippen LogP contribution in [0.4, 0.5) is 13.2 Å². The molecule has 0 aliphatic rings. The van der Waals surface area contributed by atoms with Crippen molar-refractivity contribution in [3.63, 3.8) is 0 Å². The Bertz CT molecular complexity index is 2050. The van der Waals surface area contributed by atoms with Gasteiger partial charge in [-0.1, -0.05) is 80.3 Å². The summed E-state index contributed by atoms with van der Waals surface area (Å²) >= 11 is 0. The summed E-state index contributed by atoms with van der Waals surface area (Å²) in [7, 11) is 0. The number of furan rings is 1. The second-order valence-corrected chi connectivity index (χ2v) is 11.7. The van der Waals surface area contributed by atoms with Crippen LogP contribution in [0.25, 0.3) is 55.1 Å². The normalized spacial score (nSPS) is 12.1. The summed E-state index contributed by atoms with van der Waals surface area (Å²) < 4.78 is 47.1. The number of aliphatic hydroxyl groups is 1. The second-order valence-electron chi connectivity index (χ2n) is 11.7. The van der Waals surface area contributed by atoms with Gasteiger partial charge in [0.25, 0.3) is 0 Å². The summed E-state index contributed by atoms with van der Waals surface area (Å²) in [6.07, 6.45) is -1.59. The minimum atomic E-state index is -4.45. The molecule has 45 heavy (non-hydrogen) atoms. The first kappa shape index (κ1) is 33.6. The zero-order valence-electron chi connectivity index (χ0n) is 25.3. The smallest absolute Gasteiger partial charge is 0.417 e. The fraction of sp³-hybridized carbons (Fsp3) is 0.189. The molecule has 0 atom stereocenters. The number of aliphatic hydroxyl groups excluding tert-OH is 1. The maximum Gasteiger partial charge on any atom is 0.417 e. The minimum absolute atomic E-state index is 0. The Balaban J connectivity index is 0.000000519. The molecule has 1 N–H and O–H groups in total. The molecule has 0 saturated carbocycles. The van der Waals surface area contributed by atoms with Gasteiger partial charge in [-0.3, -0.25) is 9.78 Å². The quantitative estimate of drug-likeness (QED) is 0.110. The van der Waals surface area contributed by atoms with E-state index in [9.17, 15) is 18.0 Å². The molecular formula is C37H31F3IrNO3-. The second kappa shape index (κ2) is 13.0. The summed E-state index contributed by atoms with van der Waals surface area (Å²) in [5.74, 6) is -0.0625. The van der Waals surface area contributed by atoms with Gasteiger partial charge in [0, 0.05) is 48.8 Å². The molecule has 8 heteroatoms.